The molecule has 1 aromatic rings. The van der Waals surface area contributed by atoms with Gasteiger partial charge in [-0.05, 0) is 30.9 Å². The Bertz CT molecular complexity index is 336. The number of hydrogen-bond donors (Lipinski definition) is 3. The quantitative estimate of drug-likeness (QED) is 0.381. The molecule has 1 aromatic carbocycles. The van der Waals surface area contributed by atoms with Crippen LogP contribution in [0.1, 0.15) is 12.8 Å². The molecule has 0 heterocycles. The Morgan fingerprint density at radius 2 is 2.14 bits per heavy atom. The monoisotopic (exact) mass is 193 g/mol. The van der Waals surface area contributed by atoms with E-state index in [0.29, 0.717) is 11.6 Å². The summed E-state index contributed by atoms with van der Waals surface area (Å²) in [6, 6.07) is 4.85. The summed E-state index contributed by atoms with van der Waals surface area (Å²) in [6.45, 7) is 0.842. The zero-order valence-corrected chi connectivity index (χ0v) is 7.98. The molecule has 14 heavy (non-hydrogen) atoms. The van der Waals surface area contributed by atoms with Crippen LogP contribution in [0, 0.1) is 5.92 Å². The van der Waals surface area contributed by atoms with E-state index < -0.39 is 0 Å². The van der Waals surface area contributed by atoms with Gasteiger partial charge in [0.2, 0.25) is 0 Å². The van der Waals surface area contributed by atoms with E-state index in [2.05, 4.69) is 0 Å². The Kier molecular flexibility index (Phi) is 2.21. The van der Waals surface area contributed by atoms with E-state index >= 15 is 0 Å². The third-order valence-electron chi connectivity index (χ3n) is 2.47. The lowest BCUT2D eigenvalue weighted by Crippen LogP contribution is -2.33. The fourth-order valence-corrected chi connectivity index (χ4v) is 1.48. The molecule has 1 aliphatic rings. The van der Waals surface area contributed by atoms with Crippen molar-refractivity contribution in [3.05, 3.63) is 18.2 Å². The van der Waals surface area contributed by atoms with Gasteiger partial charge < -0.3 is 15.8 Å². The number of nitrogens with two attached hydrogens (primary N) is 2. The lowest BCUT2D eigenvalue weighted by atomic mass is 10.2. The summed E-state index contributed by atoms with van der Waals surface area (Å²) in [4.78, 5) is 0. The number of nitrogen functional groups attached to an aromatic ring is 1. The van der Waals surface area contributed by atoms with Crippen LogP contribution in [-0.2, 0) is 0 Å². The SMILES string of the molecule is Nc1cc(O)ccc1N(N)CC1CC1. The minimum atomic E-state index is 0.172. The molecule has 0 amide bonds. The Labute approximate surface area is 83.1 Å². The number of phenols is 1. The minimum absolute atomic E-state index is 0.172. The summed E-state index contributed by atoms with van der Waals surface area (Å²) in [7, 11) is 0. The molecule has 0 saturated heterocycles. The van der Waals surface area contributed by atoms with Crippen molar-refractivity contribution in [1.82, 2.24) is 0 Å². The van der Waals surface area contributed by atoms with Crippen molar-refractivity contribution in [2.24, 2.45) is 11.8 Å². The molecule has 0 bridgehead atoms. The van der Waals surface area contributed by atoms with E-state index in [1.165, 1.54) is 18.9 Å². The van der Waals surface area contributed by atoms with Gasteiger partial charge in [-0.1, -0.05) is 0 Å². The number of nitrogens with zero attached hydrogens (tertiary/aromatic N) is 1. The van der Waals surface area contributed by atoms with Crippen LogP contribution in [0.3, 0.4) is 0 Å². The van der Waals surface area contributed by atoms with Crippen LogP contribution in [0.15, 0.2) is 18.2 Å². The fraction of sp³-hybridized carbons (Fsp3) is 0.400. The Hall–Kier alpha value is -1.42. The molecular formula is C10H15N3O. The second-order valence-corrected chi connectivity index (χ2v) is 3.84. The summed E-state index contributed by atoms with van der Waals surface area (Å²) in [5.41, 5.74) is 7.04. The van der Waals surface area contributed by atoms with Gasteiger partial charge in [0.1, 0.15) is 5.75 Å². The molecule has 1 aliphatic carbocycles. The fourth-order valence-electron chi connectivity index (χ4n) is 1.48. The Morgan fingerprint density at radius 1 is 1.43 bits per heavy atom. The van der Waals surface area contributed by atoms with Gasteiger partial charge >= 0.3 is 0 Å². The standard InChI is InChI=1S/C10H15N3O/c11-9-5-8(14)3-4-10(9)13(12)6-7-1-2-7/h3-5,7,14H,1-2,6,11-12H2. The van der Waals surface area contributed by atoms with Gasteiger partial charge in [-0.2, -0.15) is 0 Å². The highest BCUT2D eigenvalue weighted by atomic mass is 16.3. The van der Waals surface area contributed by atoms with E-state index in [1.54, 1.807) is 17.1 Å². The maximum atomic E-state index is 9.17. The van der Waals surface area contributed by atoms with Crippen molar-refractivity contribution >= 4 is 11.4 Å². The number of phenolic OH excluding ortho intramolecular Hbond substituents is 1. The summed E-state index contributed by atoms with van der Waals surface area (Å²) in [6.07, 6.45) is 2.51. The van der Waals surface area contributed by atoms with Gasteiger partial charge in [0.15, 0.2) is 0 Å². The first-order valence-corrected chi connectivity index (χ1v) is 4.77. The normalized spacial score (nSPS) is 15.5. The molecule has 2 rings (SSSR count). The number of rotatable bonds is 3. The topological polar surface area (TPSA) is 75.5 Å². The molecule has 0 aromatic heterocycles. The second kappa shape index (κ2) is 3.38. The zero-order chi connectivity index (χ0) is 10.1. The zero-order valence-electron chi connectivity index (χ0n) is 7.98. The number of aromatic hydroxyl groups is 1. The van der Waals surface area contributed by atoms with E-state index in [1.807, 2.05) is 0 Å². The molecule has 0 radical (unpaired) electrons. The second-order valence-electron chi connectivity index (χ2n) is 3.84. The van der Waals surface area contributed by atoms with Gasteiger partial charge in [-0.15, -0.1) is 0 Å². The van der Waals surface area contributed by atoms with E-state index in [4.69, 9.17) is 11.6 Å². The number of hydrogen-bond acceptors (Lipinski definition) is 4. The maximum Gasteiger partial charge on any atom is 0.117 e. The van der Waals surface area contributed by atoms with Gasteiger partial charge in [0, 0.05) is 12.6 Å². The molecule has 0 aliphatic heterocycles. The molecule has 0 atom stereocenters. The maximum absolute atomic E-state index is 9.17. The van der Waals surface area contributed by atoms with Crippen LogP contribution < -0.4 is 16.6 Å². The smallest absolute Gasteiger partial charge is 0.117 e. The van der Waals surface area contributed by atoms with E-state index in [-0.39, 0.29) is 5.75 Å². The molecule has 0 spiro atoms. The van der Waals surface area contributed by atoms with E-state index in [9.17, 15) is 5.11 Å². The third-order valence-corrected chi connectivity index (χ3v) is 2.47. The first-order valence-electron chi connectivity index (χ1n) is 4.77. The highest BCUT2D eigenvalue weighted by Crippen LogP contribution is 2.32. The first kappa shape index (κ1) is 9.15. The molecule has 76 valence electrons. The average molecular weight is 193 g/mol. The minimum Gasteiger partial charge on any atom is -0.508 e. The molecule has 4 nitrogen and oxygen atoms in total. The molecule has 5 N–H and O–H groups in total. The lowest BCUT2D eigenvalue weighted by Gasteiger charge is -2.20. The van der Waals surface area contributed by atoms with E-state index in [0.717, 1.165) is 12.2 Å². The molecule has 0 unspecified atom stereocenters. The lowest BCUT2D eigenvalue weighted by molar-refractivity contribution is 0.475. The number of benzene rings is 1. The summed E-state index contributed by atoms with van der Waals surface area (Å²) < 4.78 is 0. The van der Waals surface area contributed by atoms with Crippen molar-refractivity contribution < 1.29 is 5.11 Å². The molecule has 1 fully saturated rings. The number of anilines is 2. The van der Waals surface area contributed by atoms with Gasteiger partial charge in [0.25, 0.3) is 0 Å². The molecular weight excluding hydrogens is 178 g/mol. The highest BCUT2D eigenvalue weighted by Gasteiger charge is 2.23. The number of hydrazine groups is 1. The van der Waals surface area contributed by atoms with Crippen molar-refractivity contribution in [3.63, 3.8) is 0 Å². The highest BCUT2D eigenvalue weighted by molar-refractivity contribution is 5.68. The van der Waals surface area contributed by atoms with Gasteiger partial charge in [-0.25, -0.2) is 5.84 Å². The van der Waals surface area contributed by atoms with Crippen LogP contribution in [0.4, 0.5) is 11.4 Å². The summed E-state index contributed by atoms with van der Waals surface area (Å²) in [5.74, 6) is 6.75. The largest absolute Gasteiger partial charge is 0.508 e. The van der Waals surface area contributed by atoms with Crippen LogP contribution in [-0.4, -0.2) is 11.7 Å². The summed E-state index contributed by atoms with van der Waals surface area (Å²) >= 11 is 0. The van der Waals surface area contributed by atoms with Crippen LogP contribution in [0.25, 0.3) is 0 Å². The Morgan fingerprint density at radius 3 is 2.71 bits per heavy atom. The first-order chi connectivity index (χ1) is 6.66. The predicted molar refractivity (Wildman–Crippen MR) is 56.8 cm³/mol. The Balaban J connectivity index is 2.13. The molecule has 4 heteroatoms. The van der Waals surface area contributed by atoms with Crippen LogP contribution >= 0.6 is 0 Å². The van der Waals surface area contributed by atoms with Crippen molar-refractivity contribution in [3.8, 4) is 5.75 Å². The van der Waals surface area contributed by atoms with Gasteiger partial charge in [-0.3, -0.25) is 0 Å². The van der Waals surface area contributed by atoms with Crippen molar-refractivity contribution in [2.75, 3.05) is 17.3 Å². The van der Waals surface area contributed by atoms with Crippen LogP contribution in [0.5, 0.6) is 5.75 Å². The average Bonchev–Trinajstić information content (AvgIpc) is 2.87. The third kappa shape index (κ3) is 1.90. The van der Waals surface area contributed by atoms with Crippen molar-refractivity contribution in [1.29, 1.82) is 0 Å². The van der Waals surface area contributed by atoms with Crippen LogP contribution in [0.2, 0.25) is 0 Å². The summed E-state index contributed by atoms with van der Waals surface area (Å²) in [5, 5.41) is 10.8. The van der Waals surface area contributed by atoms with Crippen molar-refractivity contribution in [2.45, 2.75) is 12.8 Å². The molecule has 1 saturated carbocycles. The van der Waals surface area contributed by atoms with Gasteiger partial charge in [0.05, 0.1) is 11.4 Å². The predicted octanol–water partition coefficient (Wildman–Crippen LogP) is 1.06.